The van der Waals surface area contributed by atoms with Gasteiger partial charge in [0.25, 0.3) is 5.91 Å². The van der Waals surface area contributed by atoms with Gasteiger partial charge in [-0.15, -0.1) is 0 Å². The summed E-state index contributed by atoms with van der Waals surface area (Å²) in [7, 11) is 3.55. The maximum atomic E-state index is 12.6. The normalized spacial score (nSPS) is 11.0. The van der Waals surface area contributed by atoms with Gasteiger partial charge in [0.2, 0.25) is 0 Å². The van der Waals surface area contributed by atoms with Gasteiger partial charge in [0.1, 0.15) is 0 Å². The number of benzene rings is 3. The summed E-state index contributed by atoms with van der Waals surface area (Å²) in [5.41, 5.74) is 15.6. The predicted molar refractivity (Wildman–Crippen MR) is 119 cm³/mol. The van der Waals surface area contributed by atoms with Crippen molar-refractivity contribution in [3.8, 4) is 11.1 Å². The van der Waals surface area contributed by atoms with Crippen LogP contribution in [-0.2, 0) is 13.6 Å². The summed E-state index contributed by atoms with van der Waals surface area (Å²) in [5, 5.41) is 5.98. The molecule has 4 aromatic rings. The van der Waals surface area contributed by atoms with Crippen LogP contribution in [-0.4, -0.2) is 23.5 Å². The molecule has 1 amide bonds. The summed E-state index contributed by atoms with van der Waals surface area (Å²) >= 11 is 0. The summed E-state index contributed by atoms with van der Waals surface area (Å²) in [5.74, 6) is -0.163. The number of nitrogens with one attached hydrogen (secondary N) is 1. The summed E-state index contributed by atoms with van der Waals surface area (Å²) in [6.07, 6.45) is 0. The molecule has 0 fully saturated rings. The average molecular weight is 385 g/mol. The topological polar surface area (TPSA) is 98.4 Å². The second-order valence-electron chi connectivity index (χ2n) is 6.96. The van der Waals surface area contributed by atoms with Crippen LogP contribution < -0.4 is 16.8 Å². The van der Waals surface area contributed by atoms with Crippen molar-refractivity contribution in [3.63, 3.8) is 0 Å². The molecule has 0 saturated carbocycles. The van der Waals surface area contributed by atoms with Gasteiger partial charge in [-0.1, -0.05) is 54.6 Å². The molecule has 0 aliphatic heterocycles. The Morgan fingerprint density at radius 1 is 1.03 bits per heavy atom. The van der Waals surface area contributed by atoms with Crippen molar-refractivity contribution in [2.45, 2.75) is 6.54 Å². The summed E-state index contributed by atoms with van der Waals surface area (Å²) in [6, 6.07) is 20.8. The van der Waals surface area contributed by atoms with Crippen LogP contribution in [0, 0.1) is 0 Å². The largest absolute Gasteiger partial charge is 0.370 e. The number of hydrogen-bond acceptors (Lipinski definition) is 2. The molecule has 1 aromatic heterocycles. The Labute approximate surface area is 168 Å². The third kappa shape index (κ3) is 3.18. The molecule has 146 valence electrons. The first-order valence-electron chi connectivity index (χ1n) is 9.38. The van der Waals surface area contributed by atoms with Crippen LogP contribution in [0.4, 0.5) is 0 Å². The van der Waals surface area contributed by atoms with Gasteiger partial charge in [0, 0.05) is 25.0 Å². The minimum absolute atomic E-state index is 0.00504. The number of carbonyl (C=O) groups is 1. The number of rotatable bonds is 4. The average Bonchev–Trinajstić information content (AvgIpc) is 3.02. The molecule has 3 aromatic carbocycles. The predicted octanol–water partition coefficient (Wildman–Crippen LogP) is 3.13. The van der Waals surface area contributed by atoms with Gasteiger partial charge in [-0.25, -0.2) is 4.99 Å². The van der Waals surface area contributed by atoms with Crippen LogP contribution >= 0.6 is 0 Å². The quantitative estimate of drug-likeness (QED) is 0.372. The highest BCUT2D eigenvalue weighted by Gasteiger charge is 2.20. The number of guanidine groups is 1. The molecule has 0 spiro atoms. The summed E-state index contributed by atoms with van der Waals surface area (Å²) < 4.78 is 1.99. The highest BCUT2D eigenvalue weighted by atomic mass is 16.1. The number of aryl methyl sites for hydroxylation is 1. The molecular formula is C23H23N5O. The zero-order chi connectivity index (χ0) is 20.5. The minimum atomic E-state index is -0.158. The molecule has 6 nitrogen and oxygen atoms in total. The van der Waals surface area contributed by atoms with E-state index in [1.807, 2.05) is 29.8 Å². The van der Waals surface area contributed by atoms with E-state index in [0.29, 0.717) is 5.56 Å². The molecule has 1 heterocycles. The highest BCUT2D eigenvalue weighted by Crippen LogP contribution is 2.33. The van der Waals surface area contributed by atoms with Crippen LogP contribution in [0.3, 0.4) is 0 Å². The third-order valence-corrected chi connectivity index (χ3v) is 5.29. The van der Waals surface area contributed by atoms with Crippen molar-refractivity contribution >= 4 is 33.5 Å². The van der Waals surface area contributed by atoms with Crippen molar-refractivity contribution in [3.05, 3.63) is 71.9 Å². The van der Waals surface area contributed by atoms with Gasteiger partial charge < -0.3 is 21.4 Å². The number of fused-ring (bicyclic) bond motifs is 2. The Bertz CT molecular complexity index is 1260. The van der Waals surface area contributed by atoms with E-state index in [-0.39, 0.29) is 18.4 Å². The lowest BCUT2D eigenvalue weighted by molar-refractivity contribution is 0.0963. The molecule has 4 rings (SSSR count). The van der Waals surface area contributed by atoms with Gasteiger partial charge in [-0.2, -0.15) is 0 Å². The molecule has 0 atom stereocenters. The number of nitrogens with zero attached hydrogens (tertiary/aromatic N) is 2. The Hall–Kier alpha value is -3.80. The number of amides is 1. The standard InChI is InChI=1S/C23H23N5O/c1-26-22(29)21-18-11-10-15(12-19(18)28(2)20(21)13-27-23(24)25)17-9-5-7-14-6-3-4-8-16(14)17/h3-12H,13H2,1-2H3,(H,26,29)(H4,24,25,27). The number of aromatic nitrogens is 1. The molecule has 0 aliphatic rings. The zero-order valence-corrected chi connectivity index (χ0v) is 16.4. The molecule has 5 N–H and O–H groups in total. The van der Waals surface area contributed by atoms with Gasteiger partial charge in [0.15, 0.2) is 5.96 Å². The Morgan fingerprint density at radius 2 is 1.79 bits per heavy atom. The molecule has 6 heteroatoms. The first kappa shape index (κ1) is 18.6. The number of nitrogens with two attached hydrogens (primary N) is 2. The van der Waals surface area contributed by atoms with E-state index in [4.69, 9.17) is 11.5 Å². The maximum absolute atomic E-state index is 12.6. The van der Waals surface area contributed by atoms with Crippen LogP contribution in [0.15, 0.2) is 65.7 Å². The maximum Gasteiger partial charge on any atom is 0.253 e. The lowest BCUT2D eigenvalue weighted by Crippen LogP contribution is -2.23. The van der Waals surface area contributed by atoms with Crippen molar-refractivity contribution in [1.29, 1.82) is 0 Å². The third-order valence-electron chi connectivity index (χ3n) is 5.29. The highest BCUT2D eigenvalue weighted by molar-refractivity contribution is 6.09. The van der Waals surface area contributed by atoms with Crippen LogP contribution in [0.25, 0.3) is 32.8 Å². The molecule has 0 saturated heterocycles. The lowest BCUT2D eigenvalue weighted by atomic mass is 9.97. The van der Waals surface area contributed by atoms with Crippen LogP contribution in [0.5, 0.6) is 0 Å². The summed E-state index contributed by atoms with van der Waals surface area (Å²) in [4.78, 5) is 16.7. The van der Waals surface area contributed by atoms with Crippen LogP contribution in [0.1, 0.15) is 16.1 Å². The van der Waals surface area contributed by atoms with Crippen molar-refractivity contribution in [2.75, 3.05) is 7.05 Å². The fourth-order valence-electron chi connectivity index (χ4n) is 3.86. The molecule has 0 bridgehead atoms. The minimum Gasteiger partial charge on any atom is -0.370 e. The van der Waals surface area contributed by atoms with Gasteiger partial charge in [0.05, 0.1) is 17.8 Å². The Morgan fingerprint density at radius 3 is 2.55 bits per heavy atom. The van der Waals surface area contributed by atoms with Gasteiger partial charge in [-0.3, -0.25) is 4.79 Å². The van der Waals surface area contributed by atoms with Crippen molar-refractivity contribution in [1.82, 2.24) is 9.88 Å². The second-order valence-corrected chi connectivity index (χ2v) is 6.96. The number of aliphatic imine (C=N–C) groups is 1. The van der Waals surface area contributed by atoms with E-state index in [1.54, 1.807) is 7.05 Å². The first-order valence-corrected chi connectivity index (χ1v) is 9.38. The van der Waals surface area contributed by atoms with E-state index < -0.39 is 0 Å². The molecule has 0 radical (unpaired) electrons. The number of hydrogen-bond donors (Lipinski definition) is 3. The fraction of sp³-hybridized carbons (Fsp3) is 0.130. The Balaban J connectivity index is 1.95. The lowest BCUT2D eigenvalue weighted by Gasteiger charge is -2.08. The van der Waals surface area contributed by atoms with Gasteiger partial charge in [-0.05, 0) is 28.0 Å². The van der Waals surface area contributed by atoms with E-state index in [1.165, 1.54) is 10.8 Å². The number of carbonyl (C=O) groups excluding carboxylic acids is 1. The summed E-state index contributed by atoms with van der Waals surface area (Å²) in [6.45, 7) is 0.236. The first-order chi connectivity index (χ1) is 14.0. The van der Waals surface area contributed by atoms with E-state index in [2.05, 4.69) is 52.8 Å². The fourth-order valence-corrected chi connectivity index (χ4v) is 3.86. The van der Waals surface area contributed by atoms with Crippen molar-refractivity contribution < 1.29 is 4.79 Å². The van der Waals surface area contributed by atoms with E-state index >= 15 is 0 Å². The Kier molecular flexibility index (Phi) is 4.68. The van der Waals surface area contributed by atoms with E-state index in [9.17, 15) is 4.79 Å². The molecule has 0 aliphatic carbocycles. The van der Waals surface area contributed by atoms with E-state index in [0.717, 1.165) is 27.7 Å². The zero-order valence-electron chi connectivity index (χ0n) is 16.4. The SMILES string of the molecule is CNC(=O)c1c(CN=C(N)N)n(C)c2cc(-c3cccc4ccccc34)ccc12. The van der Waals surface area contributed by atoms with Crippen molar-refractivity contribution in [2.24, 2.45) is 23.5 Å². The molecular weight excluding hydrogens is 362 g/mol. The smallest absolute Gasteiger partial charge is 0.253 e. The molecule has 0 unspecified atom stereocenters. The monoisotopic (exact) mass is 385 g/mol. The molecule has 29 heavy (non-hydrogen) atoms. The second kappa shape index (κ2) is 7.31. The van der Waals surface area contributed by atoms with Crippen LogP contribution in [0.2, 0.25) is 0 Å². The van der Waals surface area contributed by atoms with Gasteiger partial charge >= 0.3 is 0 Å².